The molecule has 0 aromatic rings. The predicted octanol–water partition coefficient (Wildman–Crippen LogP) is -0.660. The molecule has 1 amide bonds. The minimum absolute atomic E-state index is 0.000407. The molecular weight excluding hydrogens is 174 g/mol. The van der Waals surface area contributed by atoms with Crippen LogP contribution in [-0.4, -0.2) is 43.0 Å². The van der Waals surface area contributed by atoms with E-state index in [1.165, 1.54) is 0 Å². The van der Waals surface area contributed by atoms with Crippen molar-refractivity contribution in [1.29, 1.82) is 0 Å². The highest BCUT2D eigenvalue weighted by Crippen LogP contribution is 1.86. The maximum Gasteiger partial charge on any atom is 0.233 e. The molecule has 12 heavy (non-hydrogen) atoms. The van der Waals surface area contributed by atoms with Crippen molar-refractivity contribution >= 4 is 23.1 Å². The van der Waals surface area contributed by atoms with Crippen molar-refractivity contribution in [1.82, 2.24) is 10.2 Å². The van der Waals surface area contributed by atoms with Gasteiger partial charge in [0.2, 0.25) is 5.91 Å². The largest absolute Gasteiger partial charge is 0.393 e. The van der Waals surface area contributed by atoms with Crippen molar-refractivity contribution < 1.29 is 4.79 Å². The zero-order valence-electron chi connectivity index (χ0n) is 7.46. The van der Waals surface area contributed by atoms with Crippen LogP contribution in [0.1, 0.15) is 6.42 Å². The number of hydrogen-bond donors (Lipinski definition) is 2. The lowest BCUT2D eigenvalue weighted by Crippen LogP contribution is -2.34. The van der Waals surface area contributed by atoms with E-state index in [-0.39, 0.29) is 5.91 Å². The molecule has 0 rings (SSSR count). The molecule has 0 bridgehead atoms. The smallest absolute Gasteiger partial charge is 0.233 e. The second-order valence-electron chi connectivity index (χ2n) is 2.63. The molecule has 5 heteroatoms. The van der Waals surface area contributed by atoms with Gasteiger partial charge < -0.3 is 11.1 Å². The molecule has 0 aromatic heterocycles. The van der Waals surface area contributed by atoms with Crippen LogP contribution in [0.4, 0.5) is 0 Å². The van der Waals surface area contributed by atoms with Crippen molar-refractivity contribution in [2.45, 2.75) is 6.42 Å². The fourth-order valence-electron chi connectivity index (χ4n) is 0.704. The Labute approximate surface area is 78.1 Å². The van der Waals surface area contributed by atoms with E-state index in [1.54, 1.807) is 7.05 Å². The molecule has 0 spiro atoms. The van der Waals surface area contributed by atoms with Crippen LogP contribution >= 0.6 is 12.2 Å². The lowest BCUT2D eigenvalue weighted by Gasteiger charge is -2.14. The summed E-state index contributed by atoms with van der Waals surface area (Å²) in [4.78, 5) is 13.2. The van der Waals surface area contributed by atoms with Gasteiger partial charge in [0.1, 0.15) is 0 Å². The summed E-state index contributed by atoms with van der Waals surface area (Å²) in [6.07, 6.45) is 0.656. The maximum absolute atomic E-state index is 10.9. The first kappa shape index (κ1) is 11.3. The molecule has 0 aliphatic carbocycles. The normalized spacial score (nSPS) is 9.92. The van der Waals surface area contributed by atoms with E-state index >= 15 is 0 Å². The van der Waals surface area contributed by atoms with Gasteiger partial charge in [-0.3, -0.25) is 9.69 Å². The number of likely N-dealkylation sites (N-methyl/N-ethyl adjacent to an activating group) is 2. The average Bonchev–Trinajstić information content (AvgIpc) is 2.00. The molecular formula is C7H15N3OS. The predicted molar refractivity (Wildman–Crippen MR) is 53.0 cm³/mol. The Morgan fingerprint density at radius 1 is 1.67 bits per heavy atom. The van der Waals surface area contributed by atoms with Crippen molar-refractivity contribution in [3.05, 3.63) is 0 Å². The Morgan fingerprint density at radius 2 is 2.25 bits per heavy atom. The van der Waals surface area contributed by atoms with E-state index < -0.39 is 0 Å². The van der Waals surface area contributed by atoms with Crippen LogP contribution in [0, 0.1) is 0 Å². The number of carbonyl (C=O) groups excluding carboxylic acids is 1. The highest BCUT2D eigenvalue weighted by atomic mass is 32.1. The Bertz CT molecular complexity index is 172. The molecule has 70 valence electrons. The molecule has 0 atom stereocenters. The van der Waals surface area contributed by atoms with Crippen LogP contribution in [0.25, 0.3) is 0 Å². The summed E-state index contributed by atoms with van der Waals surface area (Å²) < 4.78 is 0. The molecule has 0 aliphatic rings. The minimum Gasteiger partial charge on any atom is -0.393 e. The molecule has 4 nitrogen and oxygen atoms in total. The van der Waals surface area contributed by atoms with Crippen LogP contribution < -0.4 is 11.1 Å². The zero-order valence-corrected chi connectivity index (χ0v) is 8.28. The summed E-state index contributed by atoms with van der Waals surface area (Å²) >= 11 is 4.71. The highest BCUT2D eigenvalue weighted by molar-refractivity contribution is 7.80. The molecule has 0 radical (unpaired) electrons. The van der Waals surface area contributed by atoms with Gasteiger partial charge in [0, 0.05) is 20.0 Å². The third-order valence-corrected chi connectivity index (χ3v) is 1.64. The molecule has 0 unspecified atom stereocenters. The van der Waals surface area contributed by atoms with Crippen molar-refractivity contribution in [3.63, 3.8) is 0 Å². The first-order valence-corrected chi connectivity index (χ1v) is 4.14. The van der Waals surface area contributed by atoms with Gasteiger partial charge in [-0.1, -0.05) is 12.2 Å². The lowest BCUT2D eigenvalue weighted by molar-refractivity contribution is -0.121. The second-order valence-corrected chi connectivity index (χ2v) is 3.15. The van der Waals surface area contributed by atoms with E-state index in [1.807, 2.05) is 11.9 Å². The molecule has 0 aromatic carbocycles. The second kappa shape index (κ2) is 5.91. The number of nitrogens with zero attached hydrogens (tertiary/aromatic N) is 1. The topological polar surface area (TPSA) is 58.4 Å². The first-order chi connectivity index (χ1) is 5.56. The maximum atomic E-state index is 10.9. The standard InChI is InChI=1S/C7H15N3OS/c1-9-7(11)5-10(2)4-3-6(8)12/h3-5H2,1-2H3,(H2,8,12)(H,9,11). The SMILES string of the molecule is CNC(=O)CN(C)CCC(N)=S. The van der Waals surface area contributed by atoms with Crippen molar-refractivity contribution in [3.8, 4) is 0 Å². The van der Waals surface area contributed by atoms with Crippen molar-refractivity contribution in [2.24, 2.45) is 5.73 Å². The number of nitrogens with one attached hydrogen (secondary N) is 1. The summed E-state index contributed by atoms with van der Waals surface area (Å²) in [5.74, 6) is 0.000407. The molecule has 0 saturated carbocycles. The van der Waals surface area contributed by atoms with Gasteiger partial charge in [-0.25, -0.2) is 0 Å². The van der Waals surface area contributed by atoms with Gasteiger partial charge in [-0.05, 0) is 7.05 Å². The Balaban J connectivity index is 3.52. The van der Waals surface area contributed by atoms with Gasteiger partial charge in [0.15, 0.2) is 0 Å². The lowest BCUT2D eigenvalue weighted by atomic mass is 10.4. The fraction of sp³-hybridized carbons (Fsp3) is 0.714. The first-order valence-electron chi connectivity index (χ1n) is 3.73. The van der Waals surface area contributed by atoms with Gasteiger partial charge in [-0.15, -0.1) is 0 Å². The molecule has 3 N–H and O–H groups in total. The third kappa shape index (κ3) is 6.06. The van der Waals surface area contributed by atoms with Crippen LogP contribution in [0.5, 0.6) is 0 Å². The van der Waals surface area contributed by atoms with Crippen LogP contribution in [0.2, 0.25) is 0 Å². The van der Waals surface area contributed by atoms with Gasteiger partial charge in [0.05, 0.1) is 11.5 Å². The van der Waals surface area contributed by atoms with Gasteiger partial charge >= 0.3 is 0 Å². The zero-order chi connectivity index (χ0) is 9.56. The summed E-state index contributed by atoms with van der Waals surface area (Å²) in [5.41, 5.74) is 5.31. The summed E-state index contributed by atoms with van der Waals surface area (Å²) in [7, 11) is 3.47. The van der Waals surface area contributed by atoms with E-state index in [4.69, 9.17) is 18.0 Å². The minimum atomic E-state index is 0.000407. The van der Waals surface area contributed by atoms with E-state index in [9.17, 15) is 4.79 Å². The molecule has 0 aliphatic heterocycles. The Morgan fingerprint density at radius 3 is 2.67 bits per heavy atom. The third-order valence-electron chi connectivity index (χ3n) is 1.43. The number of carbonyl (C=O) groups is 1. The molecule has 0 saturated heterocycles. The van der Waals surface area contributed by atoms with Gasteiger partial charge in [-0.2, -0.15) is 0 Å². The number of hydrogen-bond acceptors (Lipinski definition) is 3. The number of nitrogens with two attached hydrogens (primary N) is 1. The summed E-state index contributed by atoms with van der Waals surface area (Å²) in [5, 5.41) is 2.54. The summed E-state index contributed by atoms with van der Waals surface area (Å²) in [6, 6.07) is 0. The number of rotatable bonds is 5. The molecule has 0 fully saturated rings. The van der Waals surface area contributed by atoms with Crippen LogP contribution in [0.3, 0.4) is 0 Å². The van der Waals surface area contributed by atoms with E-state index in [2.05, 4.69) is 5.32 Å². The van der Waals surface area contributed by atoms with Crippen LogP contribution in [-0.2, 0) is 4.79 Å². The fourth-order valence-corrected chi connectivity index (χ4v) is 0.796. The monoisotopic (exact) mass is 189 g/mol. The van der Waals surface area contributed by atoms with Gasteiger partial charge in [0.25, 0.3) is 0 Å². The van der Waals surface area contributed by atoms with E-state index in [0.29, 0.717) is 18.0 Å². The summed E-state index contributed by atoms with van der Waals surface area (Å²) in [6.45, 7) is 1.11. The number of amides is 1. The number of thiocarbonyl (C=S) groups is 1. The molecule has 0 heterocycles. The van der Waals surface area contributed by atoms with Crippen molar-refractivity contribution in [2.75, 3.05) is 27.2 Å². The average molecular weight is 189 g/mol. The highest BCUT2D eigenvalue weighted by Gasteiger charge is 2.03. The quantitative estimate of drug-likeness (QED) is 0.564. The Kier molecular flexibility index (Phi) is 5.57. The van der Waals surface area contributed by atoms with E-state index in [0.717, 1.165) is 6.54 Å². The Hall–Kier alpha value is -0.680. The van der Waals surface area contributed by atoms with Crippen LogP contribution in [0.15, 0.2) is 0 Å².